The van der Waals surface area contributed by atoms with Crippen LogP contribution in [0.4, 0.5) is 0 Å². The third kappa shape index (κ3) is 1.58. The van der Waals surface area contributed by atoms with Gasteiger partial charge in [-0.3, -0.25) is 4.99 Å². The molecule has 0 radical (unpaired) electrons. The lowest BCUT2D eigenvalue weighted by molar-refractivity contribution is 0.163. The van der Waals surface area contributed by atoms with Gasteiger partial charge in [0.15, 0.2) is 0 Å². The van der Waals surface area contributed by atoms with Crippen LogP contribution in [0.3, 0.4) is 0 Å². The van der Waals surface area contributed by atoms with Gasteiger partial charge in [0.2, 0.25) is 0 Å². The number of aliphatic hydroxyl groups excluding tert-OH is 1. The van der Waals surface area contributed by atoms with E-state index in [1.807, 2.05) is 30.3 Å². The molecule has 0 saturated heterocycles. The highest BCUT2D eigenvalue weighted by atomic mass is 16.3. The maximum Gasteiger partial charge on any atom is 0.146 e. The van der Waals surface area contributed by atoms with Crippen molar-refractivity contribution in [2.45, 2.75) is 26.5 Å². The van der Waals surface area contributed by atoms with Crippen LogP contribution in [-0.4, -0.2) is 17.0 Å². The zero-order chi connectivity index (χ0) is 10.2. The summed E-state index contributed by atoms with van der Waals surface area (Å²) in [6.45, 7) is 4.24. The lowest BCUT2D eigenvalue weighted by atomic mass is 9.83. The molecule has 0 spiro atoms. The number of hydrogen-bond donors (Lipinski definition) is 1. The monoisotopic (exact) mass is 189 g/mol. The summed E-state index contributed by atoms with van der Waals surface area (Å²) in [6, 6.07) is 10.1. The molecule has 2 rings (SSSR count). The second kappa shape index (κ2) is 3.21. The second-order valence-electron chi connectivity index (χ2n) is 4.41. The molecule has 1 aliphatic heterocycles. The third-order valence-electron chi connectivity index (χ3n) is 2.66. The lowest BCUT2D eigenvalue weighted by Crippen LogP contribution is -2.21. The van der Waals surface area contributed by atoms with E-state index in [2.05, 4.69) is 18.8 Å². The number of hydrogen-bond acceptors (Lipinski definition) is 2. The maximum absolute atomic E-state index is 9.51. The van der Waals surface area contributed by atoms with Crippen LogP contribution in [-0.2, 0) is 0 Å². The van der Waals surface area contributed by atoms with E-state index in [1.54, 1.807) is 0 Å². The van der Waals surface area contributed by atoms with E-state index in [0.29, 0.717) is 0 Å². The molecule has 14 heavy (non-hydrogen) atoms. The zero-order valence-corrected chi connectivity index (χ0v) is 8.57. The Bertz CT molecular complexity index is 354. The lowest BCUT2D eigenvalue weighted by Gasteiger charge is -2.20. The van der Waals surface area contributed by atoms with Gasteiger partial charge in [0, 0.05) is 11.8 Å². The SMILES string of the molecule is CC1(C)C[C@H](O)N=C1c1ccccc1. The fourth-order valence-electron chi connectivity index (χ4n) is 1.98. The first-order valence-corrected chi connectivity index (χ1v) is 4.91. The highest BCUT2D eigenvalue weighted by molar-refractivity contribution is 6.05. The van der Waals surface area contributed by atoms with E-state index in [-0.39, 0.29) is 5.41 Å². The fourth-order valence-corrected chi connectivity index (χ4v) is 1.98. The smallest absolute Gasteiger partial charge is 0.146 e. The van der Waals surface area contributed by atoms with Crippen molar-refractivity contribution >= 4 is 5.71 Å². The number of aliphatic hydroxyl groups is 1. The van der Waals surface area contributed by atoms with Gasteiger partial charge in [-0.15, -0.1) is 0 Å². The Kier molecular flexibility index (Phi) is 2.16. The first-order valence-electron chi connectivity index (χ1n) is 4.91. The van der Waals surface area contributed by atoms with Gasteiger partial charge >= 0.3 is 0 Å². The summed E-state index contributed by atoms with van der Waals surface area (Å²) in [4.78, 5) is 4.28. The number of aliphatic imine (C=N–C) groups is 1. The molecule has 1 atom stereocenters. The van der Waals surface area contributed by atoms with Crippen molar-refractivity contribution in [3.63, 3.8) is 0 Å². The van der Waals surface area contributed by atoms with Gasteiger partial charge in [-0.05, 0) is 5.56 Å². The number of nitrogens with zero attached hydrogens (tertiary/aromatic N) is 1. The summed E-state index contributed by atoms with van der Waals surface area (Å²) in [7, 11) is 0. The summed E-state index contributed by atoms with van der Waals surface area (Å²) in [5, 5.41) is 9.51. The third-order valence-corrected chi connectivity index (χ3v) is 2.66. The van der Waals surface area contributed by atoms with E-state index in [0.717, 1.165) is 17.7 Å². The molecular formula is C12H15NO. The van der Waals surface area contributed by atoms with E-state index in [9.17, 15) is 5.11 Å². The number of rotatable bonds is 1. The first-order chi connectivity index (χ1) is 6.59. The van der Waals surface area contributed by atoms with Gasteiger partial charge < -0.3 is 5.11 Å². The highest BCUT2D eigenvalue weighted by Crippen LogP contribution is 2.34. The summed E-state index contributed by atoms with van der Waals surface area (Å²) < 4.78 is 0. The van der Waals surface area contributed by atoms with E-state index >= 15 is 0 Å². The van der Waals surface area contributed by atoms with Crippen LogP contribution in [0.25, 0.3) is 0 Å². The molecule has 2 nitrogen and oxygen atoms in total. The summed E-state index contributed by atoms with van der Waals surface area (Å²) in [6.07, 6.45) is 0.192. The van der Waals surface area contributed by atoms with Gasteiger partial charge in [-0.1, -0.05) is 44.2 Å². The van der Waals surface area contributed by atoms with Crippen molar-refractivity contribution in [3.05, 3.63) is 35.9 Å². The van der Waals surface area contributed by atoms with Crippen LogP contribution >= 0.6 is 0 Å². The highest BCUT2D eigenvalue weighted by Gasteiger charge is 2.34. The molecule has 0 aliphatic carbocycles. The summed E-state index contributed by atoms with van der Waals surface area (Å²) >= 11 is 0. The minimum absolute atomic E-state index is 0.0131. The average Bonchev–Trinajstić information content (AvgIpc) is 2.41. The Morgan fingerprint density at radius 1 is 1.29 bits per heavy atom. The first kappa shape index (κ1) is 9.41. The standard InChI is InChI=1S/C12H15NO/c1-12(2)8-10(14)13-11(12)9-6-4-3-5-7-9/h3-7,10,14H,8H2,1-2H3/t10-/m0/s1. The molecule has 0 saturated carbocycles. The molecule has 1 aromatic rings. The Hall–Kier alpha value is -1.15. The summed E-state index contributed by atoms with van der Waals surface area (Å²) in [5.41, 5.74) is 2.13. The van der Waals surface area contributed by atoms with Crippen LogP contribution in [0.5, 0.6) is 0 Å². The predicted octanol–water partition coefficient (Wildman–Crippen LogP) is 2.22. The molecule has 0 unspecified atom stereocenters. The van der Waals surface area contributed by atoms with Crippen molar-refractivity contribution in [2.75, 3.05) is 0 Å². The van der Waals surface area contributed by atoms with Crippen LogP contribution < -0.4 is 0 Å². The molecule has 0 aromatic heterocycles. The molecule has 0 amide bonds. The Morgan fingerprint density at radius 2 is 1.93 bits per heavy atom. The van der Waals surface area contributed by atoms with Crippen molar-refractivity contribution in [1.29, 1.82) is 0 Å². The van der Waals surface area contributed by atoms with Gasteiger partial charge in [-0.25, -0.2) is 0 Å². The van der Waals surface area contributed by atoms with Gasteiger partial charge in [0.05, 0.1) is 5.71 Å². The molecular weight excluding hydrogens is 174 g/mol. The van der Waals surface area contributed by atoms with Crippen molar-refractivity contribution in [1.82, 2.24) is 0 Å². The van der Waals surface area contributed by atoms with Gasteiger partial charge in [0.25, 0.3) is 0 Å². The average molecular weight is 189 g/mol. The molecule has 0 fully saturated rings. The molecule has 1 heterocycles. The van der Waals surface area contributed by atoms with Crippen LogP contribution in [0.15, 0.2) is 35.3 Å². The van der Waals surface area contributed by atoms with Crippen LogP contribution in [0.1, 0.15) is 25.8 Å². The van der Waals surface area contributed by atoms with Crippen molar-refractivity contribution < 1.29 is 5.11 Å². The Balaban J connectivity index is 2.40. The van der Waals surface area contributed by atoms with Gasteiger partial charge in [0.1, 0.15) is 6.23 Å². The summed E-state index contributed by atoms with van der Waals surface area (Å²) in [5.74, 6) is 0. The molecule has 1 aromatic carbocycles. The molecule has 1 N–H and O–H groups in total. The van der Waals surface area contributed by atoms with Crippen LogP contribution in [0, 0.1) is 5.41 Å². The minimum Gasteiger partial charge on any atom is -0.372 e. The second-order valence-corrected chi connectivity index (χ2v) is 4.41. The molecule has 2 heteroatoms. The molecule has 74 valence electrons. The van der Waals surface area contributed by atoms with Crippen molar-refractivity contribution in [3.8, 4) is 0 Å². The Morgan fingerprint density at radius 3 is 2.43 bits per heavy atom. The Labute approximate surface area is 84.3 Å². The quantitative estimate of drug-likeness (QED) is 0.722. The van der Waals surface area contributed by atoms with Gasteiger partial charge in [-0.2, -0.15) is 0 Å². The topological polar surface area (TPSA) is 32.6 Å². The normalized spacial score (nSPS) is 24.8. The minimum atomic E-state index is -0.528. The molecule has 0 bridgehead atoms. The maximum atomic E-state index is 9.51. The number of benzene rings is 1. The van der Waals surface area contributed by atoms with E-state index in [1.165, 1.54) is 0 Å². The van der Waals surface area contributed by atoms with E-state index in [4.69, 9.17) is 0 Å². The fraction of sp³-hybridized carbons (Fsp3) is 0.417. The largest absolute Gasteiger partial charge is 0.372 e. The molecule has 1 aliphatic rings. The zero-order valence-electron chi connectivity index (χ0n) is 8.57. The van der Waals surface area contributed by atoms with Crippen LogP contribution in [0.2, 0.25) is 0 Å². The van der Waals surface area contributed by atoms with E-state index < -0.39 is 6.23 Å². The predicted molar refractivity (Wildman–Crippen MR) is 57.4 cm³/mol. The van der Waals surface area contributed by atoms with Crippen molar-refractivity contribution in [2.24, 2.45) is 10.4 Å².